The quantitative estimate of drug-likeness (QED) is 0.639. The maximum atomic E-state index is 9.48. The van der Waals surface area contributed by atoms with E-state index in [2.05, 4.69) is 4.90 Å². The number of rotatable bonds is 2. The molecular formula is C9H17NO2. The molecule has 0 aromatic heterocycles. The first-order valence-electron chi connectivity index (χ1n) is 4.68. The van der Waals surface area contributed by atoms with Crippen LogP contribution < -0.4 is 0 Å². The van der Waals surface area contributed by atoms with Crippen LogP contribution in [0.1, 0.15) is 13.3 Å². The molecule has 2 rings (SSSR count). The minimum Gasteiger partial charge on any atom is -0.388 e. The molecule has 0 amide bonds. The van der Waals surface area contributed by atoms with Gasteiger partial charge in [-0.1, -0.05) is 0 Å². The summed E-state index contributed by atoms with van der Waals surface area (Å²) in [6.45, 7) is 6.52. The normalized spacial score (nSPS) is 35.0. The molecule has 0 bridgehead atoms. The minimum atomic E-state index is -0.417. The Balaban J connectivity index is 1.69. The molecule has 3 nitrogen and oxygen atoms in total. The smallest absolute Gasteiger partial charge is 0.0872 e. The lowest BCUT2D eigenvalue weighted by atomic mass is 9.95. The van der Waals surface area contributed by atoms with Crippen LogP contribution in [-0.4, -0.2) is 48.5 Å². The molecule has 70 valence electrons. The molecule has 2 heterocycles. The molecule has 2 aliphatic rings. The van der Waals surface area contributed by atoms with Gasteiger partial charge < -0.3 is 9.84 Å². The van der Waals surface area contributed by atoms with E-state index in [0.29, 0.717) is 5.92 Å². The Bertz CT molecular complexity index is 156. The van der Waals surface area contributed by atoms with Gasteiger partial charge in [0.15, 0.2) is 0 Å². The number of aliphatic hydroxyl groups is 1. The first-order chi connectivity index (χ1) is 5.66. The maximum Gasteiger partial charge on any atom is 0.0872 e. The molecule has 2 aliphatic heterocycles. The molecular weight excluding hydrogens is 154 g/mol. The average molecular weight is 171 g/mol. The predicted octanol–water partition coefficient (Wildman–Crippen LogP) is 0.0895. The molecule has 2 fully saturated rings. The second-order valence-corrected chi connectivity index (χ2v) is 4.40. The van der Waals surface area contributed by atoms with Gasteiger partial charge in [0.1, 0.15) is 0 Å². The summed E-state index contributed by atoms with van der Waals surface area (Å²) in [5.41, 5.74) is -0.417. The molecule has 0 saturated carbocycles. The van der Waals surface area contributed by atoms with Gasteiger partial charge in [-0.15, -0.1) is 0 Å². The van der Waals surface area contributed by atoms with Crippen LogP contribution in [0.15, 0.2) is 0 Å². The number of nitrogens with zero attached hydrogens (tertiary/aromatic N) is 1. The van der Waals surface area contributed by atoms with E-state index in [4.69, 9.17) is 4.74 Å². The van der Waals surface area contributed by atoms with Gasteiger partial charge in [0.05, 0.1) is 12.2 Å². The fourth-order valence-electron chi connectivity index (χ4n) is 2.14. The van der Waals surface area contributed by atoms with E-state index < -0.39 is 5.60 Å². The zero-order chi connectivity index (χ0) is 8.60. The van der Waals surface area contributed by atoms with Gasteiger partial charge in [-0.3, -0.25) is 4.90 Å². The molecule has 3 heteroatoms. The lowest BCUT2D eigenvalue weighted by molar-refractivity contribution is -0.0884. The van der Waals surface area contributed by atoms with E-state index in [1.165, 1.54) is 6.42 Å². The lowest BCUT2D eigenvalue weighted by Crippen LogP contribution is -2.60. The third kappa shape index (κ3) is 1.79. The Morgan fingerprint density at radius 1 is 1.58 bits per heavy atom. The minimum absolute atomic E-state index is 0.417. The van der Waals surface area contributed by atoms with Crippen molar-refractivity contribution in [2.24, 2.45) is 5.92 Å². The van der Waals surface area contributed by atoms with Crippen LogP contribution in [-0.2, 0) is 4.74 Å². The molecule has 12 heavy (non-hydrogen) atoms. The van der Waals surface area contributed by atoms with Crippen molar-refractivity contribution in [3.63, 3.8) is 0 Å². The van der Waals surface area contributed by atoms with E-state index in [0.717, 1.165) is 32.8 Å². The van der Waals surface area contributed by atoms with Crippen molar-refractivity contribution < 1.29 is 9.84 Å². The maximum absolute atomic E-state index is 9.48. The summed E-state index contributed by atoms with van der Waals surface area (Å²) in [5.74, 6) is 0.709. The SMILES string of the molecule is CC1(O)CN(CC2CCOC2)C1. The monoisotopic (exact) mass is 171 g/mol. The Labute approximate surface area is 73.3 Å². The van der Waals surface area contributed by atoms with E-state index in [1.807, 2.05) is 6.92 Å². The van der Waals surface area contributed by atoms with Crippen molar-refractivity contribution in [2.45, 2.75) is 18.9 Å². The Kier molecular flexibility index (Phi) is 2.10. The third-order valence-corrected chi connectivity index (χ3v) is 2.67. The van der Waals surface area contributed by atoms with E-state index >= 15 is 0 Å². The number of hydrogen-bond acceptors (Lipinski definition) is 3. The van der Waals surface area contributed by atoms with Crippen molar-refractivity contribution in [2.75, 3.05) is 32.8 Å². The summed E-state index contributed by atoms with van der Waals surface area (Å²) >= 11 is 0. The summed E-state index contributed by atoms with van der Waals surface area (Å²) in [4.78, 5) is 2.30. The van der Waals surface area contributed by atoms with Crippen molar-refractivity contribution in [1.29, 1.82) is 0 Å². The van der Waals surface area contributed by atoms with Crippen LogP contribution in [0.2, 0.25) is 0 Å². The van der Waals surface area contributed by atoms with Crippen LogP contribution in [0.4, 0.5) is 0 Å². The summed E-state index contributed by atoms with van der Waals surface area (Å²) in [6, 6.07) is 0. The van der Waals surface area contributed by atoms with Crippen LogP contribution in [0.25, 0.3) is 0 Å². The largest absolute Gasteiger partial charge is 0.388 e. The summed E-state index contributed by atoms with van der Waals surface area (Å²) < 4.78 is 5.29. The second kappa shape index (κ2) is 2.98. The fraction of sp³-hybridized carbons (Fsp3) is 1.00. The van der Waals surface area contributed by atoms with Crippen LogP contribution in [0, 0.1) is 5.92 Å². The highest BCUT2D eigenvalue weighted by atomic mass is 16.5. The number of hydrogen-bond donors (Lipinski definition) is 1. The molecule has 2 saturated heterocycles. The predicted molar refractivity (Wildman–Crippen MR) is 46.0 cm³/mol. The fourth-order valence-corrected chi connectivity index (χ4v) is 2.14. The molecule has 1 N–H and O–H groups in total. The topological polar surface area (TPSA) is 32.7 Å². The second-order valence-electron chi connectivity index (χ2n) is 4.40. The van der Waals surface area contributed by atoms with Gasteiger partial charge in [0.2, 0.25) is 0 Å². The van der Waals surface area contributed by atoms with Gasteiger partial charge in [0, 0.05) is 26.2 Å². The van der Waals surface area contributed by atoms with E-state index in [1.54, 1.807) is 0 Å². The van der Waals surface area contributed by atoms with Gasteiger partial charge in [0.25, 0.3) is 0 Å². The molecule has 0 aliphatic carbocycles. The average Bonchev–Trinajstić information content (AvgIpc) is 2.35. The van der Waals surface area contributed by atoms with Gasteiger partial charge in [-0.25, -0.2) is 0 Å². The zero-order valence-electron chi connectivity index (χ0n) is 7.62. The van der Waals surface area contributed by atoms with Gasteiger partial charge in [-0.2, -0.15) is 0 Å². The molecule has 0 spiro atoms. The number of β-amino-alcohol motifs (C(OH)–C–C–N with tert-alkyl or cyclic N) is 1. The van der Waals surface area contributed by atoms with Crippen molar-refractivity contribution in [3.05, 3.63) is 0 Å². The molecule has 0 aromatic carbocycles. The van der Waals surface area contributed by atoms with Crippen LogP contribution in [0.3, 0.4) is 0 Å². The molecule has 1 atom stereocenters. The highest BCUT2D eigenvalue weighted by molar-refractivity contribution is 4.92. The first-order valence-corrected chi connectivity index (χ1v) is 4.68. The molecule has 0 radical (unpaired) electrons. The summed E-state index contributed by atoms with van der Waals surface area (Å²) in [5, 5.41) is 9.48. The summed E-state index contributed by atoms with van der Waals surface area (Å²) in [7, 11) is 0. The van der Waals surface area contributed by atoms with E-state index in [-0.39, 0.29) is 0 Å². The zero-order valence-corrected chi connectivity index (χ0v) is 7.62. The highest BCUT2D eigenvalue weighted by Gasteiger charge is 2.37. The number of likely N-dealkylation sites (tertiary alicyclic amines) is 1. The van der Waals surface area contributed by atoms with Crippen molar-refractivity contribution >= 4 is 0 Å². The highest BCUT2D eigenvalue weighted by Crippen LogP contribution is 2.23. The van der Waals surface area contributed by atoms with Crippen molar-refractivity contribution in [1.82, 2.24) is 4.90 Å². The van der Waals surface area contributed by atoms with Crippen molar-refractivity contribution in [3.8, 4) is 0 Å². The van der Waals surface area contributed by atoms with Crippen LogP contribution >= 0.6 is 0 Å². The standard InChI is InChI=1S/C9H17NO2/c1-9(11)6-10(7-9)4-8-2-3-12-5-8/h8,11H,2-7H2,1H3. The lowest BCUT2D eigenvalue weighted by Gasteiger charge is -2.45. The number of ether oxygens (including phenoxy) is 1. The van der Waals surface area contributed by atoms with Gasteiger partial charge in [-0.05, 0) is 19.3 Å². The third-order valence-electron chi connectivity index (χ3n) is 2.67. The molecule has 0 aromatic rings. The summed E-state index contributed by atoms with van der Waals surface area (Å²) in [6.07, 6.45) is 1.19. The Hall–Kier alpha value is -0.120. The van der Waals surface area contributed by atoms with Crippen LogP contribution in [0.5, 0.6) is 0 Å². The Morgan fingerprint density at radius 3 is 2.83 bits per heavy atom. The Morgan fingerprint density at radius 2 is 2.33 bits per heavy atom. The first kappa shape index (κ1) is 8.48. The van der Waals surface area contributed by atoms with E-state index in [9.17, 15) is 5.11 Å². The van der Waals surface area contributed by atoms with Gasteiger partial charge >= 0.3 is 0 Å². The molecule has 1 unspecified atom stereocenters.